The lowest BCUT2D eigenvalue weighted by Crippen LogP contribution is -2.20. The first-order valence-corrected chi connectivity index (χ1v) is 6.80. The molecule has 0 heterocycles. The topological polar surface area (TPSA) is 40.5 Å². The normalized spacial score (nSPS) is 15.9. The van der Waals surface area contributed by atoms with Gasteiger partial charge in [0.2, 0.25) is 0 Å². The second-order valence-corrected chi connectivity index (χ2v) is 5.12. The second kappa shape index (κ2) is 6.53. The van der Waals surface area contributed by atoms with Gasteiger partial charge in [-0.05, 0) is 30.2 Å². The van der Waals surface area contributed by atoms with E-state index in [1.54, 1.807) is 0 Å². The highest BCUT2D eigenvalue weighted by atomic mass is 79.9. The summed E-state index contributed by atoms with van der Waals surface area (Å²) >= 11 is 2.95. The smallest absolute Gasteiger partial charge is 0.390 e. The Morgan fingerprint density at radius 3 is 1.67 bits per heavy atom. The van der Waals surface area contributed by atoms with E-state index in [-0.39, 0.29) is 17.8 Å². The first-order chi connectivity index (χ1) is 9.46. The Labute approximate surface area is 124 Å². The number of rotatable bonds is 4. The number of halogens is 7. The molecule has 0 radical (unpaired) electrons. The van der Waals surface area contributed by atoms with E-state index < -0.39 is 41.3 Å². The minimum absolute atomic E-state index is 0.0290. The molecule has 2 N–H and O–H groups in total. The lowest BCUT2D eigenvalue weighted by Gasteiger charge is -2.20. The predicted octanol–water partition coefficient (Wildman–Crippen LogP) is 3.90. The van der Waals surface area contributed by atoms with E-state index in [0.29, 0.717) is 12.1 Å². The van der Waals surface area contributed by atoms with Crippen LogP contribution in [0.2, 0.25) is 0 Å². The van der Waals surface area contributed by atoms with Crippen LogP contribution in [-0.2, 0) is 12.4 Å². The summed E-state index contributed by atoms with van der Waals surface area (Å²) in [6, 6.07) is 0.766. The van der Waals surface area contributed by atoms with Crippen LogP contribution in [0.3, 0.4) is 0 Å². The van der Waals surface area contributed by atoms with E-state index in [1.807, 2.05) is 0 Å². The lowest BCUT2D eigenvalue weighted by atomic mass is 9.97. The molecule has 120 valence electrons. The van der Waals surface area contributed by atoms with Gasteiger partial charge < -0.3 is 10.2 Å². The number of aliphatic hydroxyl groups is 2. The largest absolute Gasteiger partial charge is 0.416 e. The molecule has 0 spiro atoms. The van der Waals surface area contributed by atoms with Gasteiger partial charge in [0, 0.05) is 5.33 Å². The monoisotopic (exact) mass is 380 g/mol. The molecule has 0 bridgehead atoms. The van der Waals surface area contributed by atoms with E-state index >= 15 is 0 Å². The van der Waals surface area contributed by atoms with Crippen LogP contribution in [0.4, 0.5) is 26.3 Å². The van der Waals surface area contributed by atoms with Crippen LogP contribution < -0.4 is 0 Å². The fourth-order valence-corrected chi connectivity index (χ4v) is 2.11. The Bertz CT molecular complexity index is 453. The van der Waals surface area contributed by atoms with Crippen molar-refractivity contribution in [1.29, 1.82) is 0 Å². The quantitative estimate of drug-likeness (QED) is 0.614. The van der Waals surface area contributed by atoms with Crippen LogP contribution in [0.25, 0.3) is 0 Å². The molecule has 0 fully saturated rings. The van der Waals surface area contributed by atoms with Crippen molar-refractivity contribution in [2.75, 3.05) is 5.33 Å². The fraction of sp³-hybridized carbons (Fsp3) is 0.500. The molecule has 0 aliphatic heterocycles. The molecular formula is C12H11BrF6O2. The van der Waals surface area contributed by atoms with E-state index in [2.05, 4.69) is 15.9 Å². The third-order valence-electron chi connectivity index (χ3n) is 2.72. The molecule has 2 nitrogen and oxygen atoms in total. The first kappa shape index (κ1) is 18.2. The van der Waals surface area contributed by atoms with Gasteiger partial charge in [0.15, 0.2) is 0 Å². The standard InChI is InChI=1S/C12H11BrF6O2/c13-2-1-9(20)10(21)6-3-7(11(14,15)16)5-8(4-6)12(17,18)19/h3-5,9-10,20-21H,1-2H2. The molecule has 21 heavy (non-hydrogen) atoms. The Balaban J connectivity index is 3.32. The van der Waals surface area contributed by atoms with Crippen LogP contribution in [0.1, 0.15) is 29.2 Å². The number of alkyl halides is 7. The van der Waals surface area contributed by atoms with Gasteiger partial charge in [-0.25, -0.2) is 0 Å². The summed E-state index contributed by atoms with van der Waals surface area (Å²) in [5, 5.41) is 19.4. The highest BCUT2D eigenvalue weighted by Gasteiger charge is 2.37. The third kappa shape index (κ3) is 4.86. The summed E-state index contributed by atoms with van der Waals surface area (Å²) in [7, 11) is 0. The molecule has 2 unspecified atom stereocenters. The molecule has 0 saturated heterocycles. The van der Waals surface area contributed by atoms with Gasteiger partial charge in [0.1, 0.15) is 6.10 Å². The maximum absolute atomic E-state index is 12.6. The summed E-state index contributed by atoms with van der Waals surface area (Å²) in [4.78, 5) is 0. The molecule has 1 aromatic rings. The molecule has 0 saturated carbocycles. The Morgan fingerprint density at radius 2 is 1.33 bits per heavy atom. The summed E-state index contributed by atoms with van der Waals surface area (Å²) < 4.78 is 75.8. The Hall–Kier alpha value is -0.800. The molecule has 9 heteroatoms. The van der Waals surface area contributed by atoms with Crippen molar-refractivity contribution in [3.8, 4) is 0 Å². The second-order valence-electron chi connectivity index (χ2n) is 4.33. The molecule has 0 aromatic heterocycles. The van der Waals surface area contributed by atoms with Crippen molar-refractivity contribution >= 4 is 15.9 Å². The van der Waals surface area contributed by atoms with Gasteiger partial charge in [-0.1, -0.05) is 15.9 Å². The third-order valence-corrected chi connectivity index (χ3v) is 3.18. The maximum Gasteiger partial charge on any atom is 0.416 e. The van der Waals surface area contributed by atoms with Crippen molar-refractivity contribution in [2.45, 2.75) is 31.0 Å². The highest BCUT2D eigenvalue weighted by molar-refractivity contribution is 9.09. The van der Waals surface area contributed by atoms with E-state index in [0.717, 1.165) is 0 Å². The van der Waals surface area contributed by atoms with Crippen LogP contribution in [-0.4, -0.2) is 21.6 Å². The number of hydrogen-bond acceptors (Lipinski definition) is 2. The molecular weight excluding hydrogens is 370 g/mol. The van der Waals surface area contributed by atoms with Gasteiger partial charge in [-0.2, -0.15) is 26.3 Å². The summed E-state index contributed by atoms with van der Waals surface area (Å²) in [5.74, 6) is 0. The Kier molecular flexibility index (Phi) is 5.68. The van der Waals surface area contributed by atoms with E-state index in [1.165, 1.54) is 0 Å². The average Bonchev–Trinajstić information content (AvgIpc) is 2.35. The SMILES string of the molecule is OC(CCBr)C(O)c1cc(C(F)(F)F)cc(C(F)(F)F)c1. The first-order valence-electron chi connectivity index (χ1n) is 5.68. The molecule has 1 rings (SSSR count). The number of aliphatic hydroxyl groups excluding tert-OH is 2. The van der Waals surface area contributed by atoms with Crippen molar-refractivity contribution < 1.29 is 36.6 Å². The van der Waals surface area contributed by atoms with Crippen molar-refractivity contribution in [1.82, 2.24) is 0 Å². The fourth-order valence-electron chi connectivity index (χ4n) is 1.64. The average molecular weight is 381 g/mol. The van der Waals surface area contributed by atoms with Crippen LogP contribution in [0.15, 0.2) is 18.2 Å². The van der Waals surface area contributed by atoms with Crippen molar-refractivity contribution in [3.63, 3.8) is 0 Å². The van der Waals surface area contributed by atoms with E-state index in [4.69, 9.17) is 0 Å². The van der Waals surface area contributed by atoms with Gasteiger partial charge >= 0.3 is 12.4 Å². The zero-order chi connectivity index (χ0) is 16.4. The zero-order valence-electron chi connectivity index (χ0n) is 10.3. The van der Waals surface area contributed by atoms with Crippen LogP contribution in [0, 0.1) is 0 Å². The number of hydrogen-bond donors (Lipinski definition) is 2. The van der Waals surface area contributed by atoms with Crippen molar-refractivity contribution in [2.24, 2.45) is 0 Å². The highest BCUT2D eigenvalue weighted by Crippen LogP contribution is 2.38. The maximum atomic E-state index is 12.6. The van der Waals surface area contributed by atoms with Gasteiger partial charge in [0.25, 0.3) is 0 Å². The van der Waals surface area contributed by atoms with E-state index in [9.17, 15) is 36.6 Å². The Morgan fingerprint density at radius 1 is 0.905 bits per heavy atom. The minimum atomic E-state index is -4.99. The van der Waals surface area contributed by atoms with Gasteiger partial charge in [-0.15, -0.1) is 0 Å². The molecule has 2 atom stereocenters. The molecule has 0 aliphatic carbocycles. The molecule has 0 aliphatic rings. The van der Waals surface area contributed by atoms with Crippen LogP contribution >= 0.6 is 15.9 Å². The van der Waals surface area contributed by atoms with Crippen molar-refractivity contribution in [3.05, 3.63) is 34.9 Å². The minimum Gasteiger partial charge on any atom is -0.390 e. The summed E-state index contributed by atoms with van der Waals surface area (Å²) in [6.07, 6.45) is -13.3. The predicted molar refractivity (Wildman–Crippen MR) is 65.8 cm³/mol. The van der Waals surface area contributed by atoms with Crippen LogP contribution in [0.5, 0.6) is 0 Å². The summed E-state index contributed by atoms with van der Waals surface area (Å²) in [6.45, 7) is 0. The van der Waals surface area contributed by atoms with Gasteiger partial charge in [0.05, 0.1) is 17.2 Å². The lowest BCUT2D eigenvalue weighted by molar-refractivity contribution is -0.143. The molecule has 0 amide bonds. The zero-order valence-corrected chi connectivity index (χ0v) is 11.9. The molecule has 1 aromatic carbocycles. The summed E-state index contributed by atoms with van der Waals surface area (Å²) in [5.41, 5.74) is -3.69. The van der Waals surface area contributed by atoms with Gasteiger partial charge in [-0.3, -0.25) is 0 Å². The number of benzene rings is 1.